The highest BCUT2D eigenvalue weighted by atomic mass is 16.3. The highest BCUT2D eigenvalue weighted by molar-refractivity contribution is 6.21. The van der Waals surface area contributed by atoms with Gasteiger partial charge in [0, 0.05) is 21.5 Å². The highest BCUT2D eigenvalue weighted by Gasteiger charge is 2.22. The molecule has 0 saturated heterocycles. The van der Waals surface area contributed by atoms with E-state index in [0.29, 0.717) is 0 Å². The average Bonchev–Trinajstić information content (AvgIpc) is 3.92. The zero-order valence-electron chi connectivity index (χ0n) is 35.6. The first-order valence-corrected chi connectivity index (χ1v) is 22.0. The van der Waals surface area contributed by atoms with Crippen LogP contribution in [-0.2, 0) is 0 Å². The highest BCUT2D eigenvalue weighted by Crippen LogP contribution is 2.44. The van der Waals surface area contributed by atoms with Crippen LogP contribution in [0.4, 0.5) is 0 Å². The minimum absolute atomic E-state index is 0.768. The van der Waals surface area contributed by atoms with Crippen LogP contribution in [0.5, 0.6) is 0 Å². The van der Waals surface area contributed by atoms with Crippen molar-refractivity contribution in [2.75, 3.05) is 0 Å². The molecule has 0 aliphatic heterocycles. The molecule has 2 nitrogen and oxygen atoms in total. The molecule has 64 heavy (non-hydrogen) atoms. The second kappa shape index (κ2) is 16.6. The molecule has 9 aromatic carbocycles. The van der Waals surface area contributed by atoms with Gasteiger partial charge in [-0.05, 0) is 133 Å². The Bertz CT molecular complexity index is 3380. The van der Waals surface area contributed by atoms with Crippen molar-refractivity contribution in [1.29, 1.82) is 0 Å². The predicted molar refractivity (Wildman–Crippen MR) is 271 cm³/mol. The molecule has 2 heteroatoms. The van der Waals surface area contributed by atoms with Crippen LogP contribution in [0, 0.1) is 0 Å². The van der Waals surface area contributed by atoms with Crippen LogP contribution in [0.25, 0.3) is 116 Å². The number of allylic oxidation sites excluding steroid dienone is 5. The van der Waals surface area contributed by atoms with Gasteiger partial charge in [-0.15, -0.1) is 0 Å². The Morgan fingerprint density at radius 3 is 1.12 bits per heavy atom. The van der Waals surface area contributed by atoms with Crippen LogP contribution in [0.15, 0.2) is 240 Å². The third kappa shape index (κ3) is 7.25. The van der Waals surface area contributed by atoms with E-state index in [9.17, 15) is 0 Å². The van der Waals surface area contributed by atoms with Gasteiger partial charge in [-0.2, -0.15) is 0 Å². The Morgan fingerprint density at radius 1 is 0.375 bits per heavy atom. The molecule has 0 atom stereocenters. The molecule has 0 radical (unpaired) electrons. The number of fused-ring (bicyclic) bond motifs is 6. The summed E-state index contributed by atoms with van der Waals surface area (Å²) in [5.41, 5.74) is 18.9. The van der Waals surface area contributed by atoms with Crippen molar-refractivity contribution in [3.8, 4) is 66.8 Å². The molecule has 0 N–H and O–H groups in total. The fraction of sp³-hybridized carbons (Fsp3) is 0.0323. The van der Waals surface area contributed by atoms with Gasteiger partial charge < -0.3 is 8.83 Å². The van der Waals surface area contributed by atoms with Crippen LogP contribution >= 0.6 is 0 Å². The molecule has 0 aliphatic rings. The van der Waals surface area contributed by atoms with Gasteiger partial charge in [0.25, 0.3) is 0 Å². The number of rotatable bonds is 10. The van der Waals surface area contributed by atoms with Crippen LogP contribution in [0.1, 0.15) is 18.9 Å². The summed E-state index contributed by atoms with van der Waals surface area (Å²) in [4.78, 5) is 0. The van der Waals surface area contributed by atoms with Gasteiger partial charge in [-0.3, -0.25) is 0 Å². The first kappa shape index (κ1) is 38.7. The van der Waals surface area contributed by atoms with E-state index in [2.05, 4.69) is 226 Å². The van der Waals surface area contributed by atoms with E-state index in [1.807, 2.05) is 12.2 Å². The van der Waals surface area contributed by atoms with E-state index in [4.69, 9.17) is 8.83 Å². The molecule has 11 aromatic rings. The largest absolute Gasteiger partial charge is 0.455 e. The maximum absolute atomic E-state index is 6.79. The third-order valence-corrected chi connectivity index (χ3v) is 12.3. The van der Waals surface area contributed by atoms with Crippen molar-refractivity contribution < 1.29 is 8.83 Å². The molecule has 0 unspecified atom stereocenters. The lowest BCUT2D eigenvalue weighted by Crippen LogP contribution is -1.84. The first-order chi connectivity index (χ1) is 31.6. The summed E-state index contributed by atoms with van der Waals surface area (Å²) in [7, 11) is 0. The lowest BCUT2D eigenvalue weighted by molar-refractivity contribution is 0.654. The van der Waals surface area contributed by atoms with Crippen LogP contribution in [-0.4, -0.2) is 0 Å². The Hall–Kier alpha value is -8.20. The second-order valence-electron chi connectivity index (χ2n) is 16.4. The normalized spacial score (nSPS) is 11.8. The van der Waals surface area contributed by atoms with Crippen LogP contribution in [0.3, 0.4) is 0 Å². The van der Waals surface area contributed by atoms with Crippen molar-refractivity contribution >= 4 is 49.5 Å². The van der Waals surface area contributed by atoms with Gasteiger partial charge in [-0.1, -0.05) is 183 Å². The Labute approximate surface area is 373 Å². The van der Waals surface area contributed by atoms with E-state index in [-0.39, 0.29) is 0 Å². The number of hydrogen-bond donors (Lipinski definition) is 0. The van der Waals surface area contributed by atoms with Crippen molar-refractivity contribution in [3.05, 3.63) is 237 Å². The maximum Gasteiger partial charge on any atom is 0.147 e. The quantitative estimate of drug-likeness (QED) is 0.128. The zero-order chi connectivity index (χ0) is 43.0. The van der Waals surface area contributed by atoms with Gasteiger partial charge >= 0.3 is 0 Å². The summed E-state index contributed by atoms with van der Waals surface area (Å²) in [6.45, 7) is 6.71. The SMILES string of the molecule is C=C(/C=C\C=C/CC)c1c2oc3ccc(-c4cccc(-c5cccc(-c6ccccc6)c5)c4)cc3c2cc2c1oc1ccc(-c3cccc(-c4cccc(-c5ccccc5)c4)c3)cc12. The first-order valence-electron chi connectivity index (χ1n) is 22.0. The fourth-order valence-electron chi connectivity index (χ4n) is 9.03. The van der Waals surface area contributed by atoms with Crippen molar-refractivity contribution in [1.82, 2.24) is 0 Å². The zero-order valence-corrected chi connectivity index (χ0v) is 35.6. The Morgan fingerprint density at radius 2 is 0.734 bits per heavy atom. The van der Waals surface area contributed by atoms with Gasteiger partial charge in [-0.25, -0.2) is 0 Å². The third-order valence-electron chi connectivity index (χ3n) is 12.3. The molecule has 0 spiro atoms. The molecule has 0 aliphatic carbocycles. The van der Waals surface area contributed by atoms with Crippen LogP contribution < -0.4 is 0 Å². The Balaban J connectivity index is 1.03. The van der Waals surface area contributed by atoms with E-state index in [1.54, 1.807) is 0 Å². The second-order valence-corrected chi connectivity index (χ2v) is 16.4. The molecule has 0 bridgehead atoms. The van der Waals surface area contributed by atoms with Gasteiger partial charge in [0.15, 0.2) is 0 Å². The minimum Gasteiger partial charge on any atom is -0.455 e. The van der Waals surface area contributed by atoms with E-state index < -0.39 is 0 Å². The topological polar surface area (TPSA) is 26.3 Å². The summed E-state index contributed by atoms with van der Waals surface area (Å²) >= 11 is 0. The number of benzene rings is 9. The standard InChI is InChI=1S/C62H44O2/c1-3-4-5-8-17-41(2)60-61-56(54-38-52(30-32-58(54)63-61)50-28-15-26-48(36-50)46-24-13-22-44(34-46)42-18-9-6-10-19-42)40-57-55-39-53(31-33-59(55)64-62(57)60)51-29-16-27-49(37-51)47-25-14-23-45(35-47)43-20-11-7-12-21-43/h4-40H,2-3H2,1H3/b5-4-,17-8-. The molecule has 0 amide bonds. The molecule has 0 saturated carbocycles. The van der Waals surface area contributed by atoms with Gasteiger partial charge in [0.2, 0.25) is 0 Å². The molecule has 11 rings (SSSR count). The number of hydrogen-bond acceptors (Lipinski definition) is 2. The molecular formula is C62H44O2. The predicted octanol–water partition coefficient (Wildman–Crippen LogP) is 18.0. The fourth-order valence-corrected chi connectivity index (χ4v) is 9.03. The lowest BCUT2D eigenvalue weighted by Gasteiger charge is -2.09. The number of furan rings is 2. The van der Waals surface area contributed by atoms with E-state index in [0.717, 1.165) is 83.7 Å². The molecule has 2 heterocycles. The summed E-state index contributed by atoms with van der Waals surface area (Å²) in [6, 6.07) is 71.6. The van der Waals surface area contributed by atoms with E-state index >= 15 is 0 Å². The van der Waals surface area contributed by atoms with Crippen molar-refractivity contribution in [3.63, 3.8) is 0 Å². The smallest absolute Gasteiger partial charge is 0.147 e. The van der Waals surface area contributed by atoms with Gasteiger partial charge in [0.05, 0.1) is 5.56 Å². The van der Waals surface area contributed by atoms with Gasteiger partial charge in [0.1, 0.15) is 22.3 Å². The minimum atomic E-state index is 0.768. The summed E-state index contributed by atoms with van der Waals surface area (Å²) in [5, 5.41) is 4.15. The molecule has 0 fully saturated rings. The molecular weight excluding hydrogens is 777 g/mol. The Kier molecular flexibility index (Phi) is 10.0. The molecule has 2 aromatic heterocycles. The average molecular weight is 821 g/mol. The summed E-state index contributed by atoms with van der Waals surface area (Å²) in [5.74, 6) is 0. The van der Waals surface area contributed by atoms with Crippen LogP contribution in [0.2, 0.25) is 0 Å². The van der Waals surface area contributed by atoms with E-state index in [1.165, 1.54) is 44.5 Å². The summed E-state index contributed by atoms with van der Waals surface area (Å²) < 4.78 is 13.6. The summed E-state index contributed by atoms with van der Waals surface area (Å²) in [6.07, 6.45) is 9.25. The molecule has 304 valence electrons. The van der Waals surface area contributed by atoms with Crippen molar-refractivity contribution in [2.24, 2.45) is 0 Å². The maximum atomic E-state index is 6.79. The van der Waals surface area contributed by atoms with Crippen molar-refractivity contribution in [2.45, 2.75) is 13.3 Å². The monoisotopic (exact) mass is 820 g/mol. The lowest BCUT2D eigenvalue weighted by atomic mass is 9.94.